The van der Waals surface area contributed by atoms with E-state index >= 15 is 0 Å². The molecule has 2 aromatic heterocycles. The first kappa shape index (κ1) is 54.0. The largest absolute Gasteiger partial charge is 1.00 e. The van der Waals surface area contributed by atoms with Crippen LogP contribution in [0.4, 0.5) is 5.82 Å². The quantitative estimate of drug-likeness (QED) is 0.0309. The van der Waals surface area contributed by atoms with Crippen molar-refractivity contribution in [1.82, 2.24) is 30.2 Å². The maximum Gasteiger partial charge on any atom is 1.00 e. The molecular formula is C25H38N7Na2O19P3S. The molecule has 0 spiro atoms. The average Bonchev–Trinajstić information content (AvgIpc) is 3.63. The predicted octanol–water partition coefficient (Wildman–Crippen LogP) is -8.73. The molecule has 26 nitrogen and oxygen atoms in total. The van der Waals surface area contributed by atoms with E-state index in [4.69, 9.17) is 20.1 Å². The number of hydrogen-bond acceptors (Lipinski definition) is 20. The Morgan fingerprint density at radius 3 is 2.32 bits per heavy atom. The number of nitrogen functional groups attached to an aromatic ring is 1. The number of carbonyl (C=O) groups is 4. The number of ether oxygens (including phenoxy) is 1. The molecule has 2 aromatic rings. The molecule has 1 aliphatic rings. The number of amides is 2. The summed E-state index contributed by atoms with van der Waals surface area (Å²) in [5.74, 6) is -2.56. The van der Waals surface area contributed by atoms with Gasteiger partial charge in [0.2, 0.25) is 11.8 Å². The van der Waals surface area contributed by atoms with Crippen LogP contribution in [-0.2, 0) is 55.5 Å². The molecule has 0 bridgehead atoms. The molecule has 1 fully saturated rings. The van der Waals surface area contributed by atoms with Gasteiger partial charge in [-0.2, -0.15) is 4.31 Å². The topological polar surface area (TPSA) is 407 Å². The summed E-state index contributed by atoms with van der Waals surface area (Å²) in [6, 6.07) is 0. The Morgan fingerprint density at radius 2 is 1.68 bits per heavy atom. The first-order chi connectivity index (χ1) is 25.4. The molecule has 310 valence electrons. The van der Waals surface area contributed by atoms with Gasteiger partial charge in [0.25, 0.3) is 7.82 Å². The molecule has 8 atom stereocenters. The number of thioether (sulfide) groups is 1. The number of phosphoric acid groups is 3. The number of carboxylic acids is 1. The fraction of sp³-hybridized carbons (Fsp3) is 0.640. The zero-order chi connectivity index (χ0) is 41.4. The number of phosphoric ester groups is 3. The van der Waals surface area contributed by atoms with Gasteiger partial charge in [0, 0.05) is 37.1 Å². The molecule has 0 aromatic carbocycles. The van der Waals surface area contributed by atoms with Crippen molar-refractivity contribution in [2.75, 3.05) is 37.8 Å². The van der Waals surface area contributed by atoms with Crippen molar-refractivity contribution in [3.63, 3.8) is 0 Å². The monoisotopic (exact) mass is 911 g/mol. The summed E-state index contributed by atoms with van der Waals surface area (Å²) in [6.07, 6.45) is -8.37. The SMILES string of the molecule is CC(C)(COP(=O)(O)OP(=O)(O)OC[C@H]1O[C@@H](n2cnc3c(N)ncnc32)[C@H]([O-])[C@@H]1OP(=O)([O-])O)[C@@H](O)C(=O)NCCC(=O)NCCSC(=O)CCC(=O)O.[Na+].[Na+]. The molecule has 1 saturated heterocycles. The van der Waals surface area contributed by atoms with E-state index in [0.29, 0.717) is 0 Å². The Labute approximate surface area is 371 Å². The van der Waals surface area contributed by atoms with Gasteiger partial charge in [-0.25, -0.2) is 24.1 Å². The number of imidazole rings is 1. The molecule has 3 heterocycles. The second-order valence-electron chi connectivity index (χ2n) is 12.1. The van der Waals surface area contributed by atoms with Gasteiger partial charge >= 0.3 is 80.7 Å². The number of fused-ring (bicyclic) bond motifs is 1. The Balaban J connectivity index is 0.00000812. The van der Waals surface area contributed by atoms with Crippen LogP contribution in [0.1, 0.15) is 39.3 Å². The van der Waals surface area contributed by atoms with E-state index in [1.165, 1.54) is 13.8 Å². The van der Waals surface area contributed by atoms with E-state index in [9.17, 15) is 62.7 Å². The summed E-state index contributed by atoms with van der Waals surface area (Å²) >= 11 is 0.845. The van der Waals surface area contributed by atoms with Gasteiger partial charge in [0.1, 0.15) is 30.3 Å². The van der Waals surface area contributed by atoms with Gasteiger partial charge in [-0.15, -0.1) is 0 Å². The van der Waals surface area contributed by atoms with E-state index < -0.39 is 90.5 Å². The zero-order valence-electron chi connectivity index (χ0n) is 30.8. The summed E-state index contributed by atoms with van der Waals surface area (Å²) in [7, 11) is -16.8. The number of anilines is 1. The van der Waals surface area contributed by atoms with Crippen LogP contribution >= 0.6 is 35.2 Å². The number of aliphatic carboxylic acids is 1. The molecule has 2 amide bonds. The van der Waals surface area contributed by atoms with Crippen LogP contribution in [-0.4, -0.2) is 124 Å². The molecule has 32 heteroatoms. The molecule has 9 N–H and O–H groups in total. The second-order valence-corrected chi connectivity index (χ2v) is 17.5. The maximum absolute atomic E-state index is 13.2. The number of carboxylic acid groups (broad SMARTS) is 1. The normalized spacial score (nSPS) is 21.8. The summed E-state index contributed by atoms with van der Waals surface area (Å²) in [6.45, 7) is 0.0957. The van der Waals surface area contributed by atoms with Gasteiger partial charge in [-0.3, -0.25) is 37.4 Å². The standard InChI is InChI=1S/C25H39N7O19P3S.2Na/c1-25(2,20(38)23(39)28-6-5-14(33)27-7-8-55-16(36)4-3-15(34)35)10-48-54(45,46)51-53(43,44)47-9-13-19(50-52(40,41)42)18(37)24(49-13)32-12-31-17-21(26)29-11-30-22(17)32;;/h11-13,18-20,24,38H,3-10H2,1-2H3,(H,27,33)(H,28,39)(H,34,35)(H,43,44)(H,45,46)(H2,26,29,30)(H2,40,41,42);;/q-1;2*+1/p-1/t13-,18-,19-,20+,24-;;/m1../s1. The fourth-order valence-corrected chi connectivity index (χ4v) is 8.04. The van der Waals surface area contributed by atoms with Crippen LogP contribution in [0.25, 0.3) is 11.2 Å². The van der Waals surface area contributed by atoms with Crippen molar-refractivity contribution in [3.8, 4) is 0 Å². The summed E-state index contributed by atoms with van der Waals surface area (Å²) in [4.78, 5) is 99.1. The van der Waals surface area contributed by atoms with Crippen LogP contribution in [0.15, 0.2) is 12.7 Å². The van der Waals surface area contributed by atoms with E-state index in [-0.39, 0.29) is 119 Å². The number of nitrogens with two attached hydrogens (primary N) is 1. The minimum atomic E-state index is -5.62. The van der Waals surface area contributed by atoms with E-state index in [2.05, 4.69) is 38.9 Å². The van der Waals surface area contributed by atoms with E-state index in [1.54, 1.807) is 0 Å². The van der Waals surface area contributed by atoms with Gasteiger partial charge in [-0.1, -0.05) is 25.6 Å². The van der Waals surface area contributed by atoms with Gasteiger partial charge in [0.05, 0.1) is 32.1 Å². The first-order valence-corrected chi connectivity index (χ1v) is 21.1. The van der Waals surface area contributed by atoms with Crippen LogP contribution in [0.5, 0.6) is 0 Å². The van der Waals surface area contributed by atoms with Gasteiger partial charge in [0.15, 0.2) is 16.6 Å². The number of rotatable bonds is 22. The number of aromatic nitrogens is 4. The van der Waals surface area contributed by atoms with Crippen LogP contribution < -0.4 is 85.5 Å². The number of hydrogen-bond donors (Lipinski definition) is 8. The van der Waals surface area contributed by atoms with Crippen molar-refractivity contribution in [3.05, 3.63) is 12.7 Å². The van der Waals surface area contributed by atoms with E-state index in [1.807, 2.05) is 0 Å². The number of nitrogens with zero attached hydrogens (tertiary/aromatic N) is 4. The molecule has 0 aliphatic carbocycles. The van der Waals surface area contributed by atoms with Crippen LogP contribution in [0, 0.1) is 5.41 Å². The number of carbonyl (C=O) groups excluding carboxylic acids is 3. The van der Waals surface area contributed by atoms with Crippen LogP contribution in [0.3, 0.4) is 0 Å². The average molecular weight is 912 g/mol. The van der Waals surface area contributed by atoms with Gasteiger partial charge < -0.3 is 60.5 Å². The van der Waals surface area contributed by atoms with Crippen molar-refractivity contribution < 1.29 is 149 Å². The number of aliphatic hydroxyl groups excluding tert-OH is 1. The van der Waals surface area contributed by atoms with Crippen molar-refractivity contribution in [1.29, 1.82) is 0 Å². The number of nitrogens with one attached hydrogen (secondary N) is 2. The molecule has 3 rings (SSSR count). The third kappa shape index (κ3) is 17.5. The zero-order valence-corrected chi connectivity index (χ0v) is 38.3. The Hall–Kier alpha value is -0.970. The van der Waals surface area contributed by atoms with E-state index in [0.717, 1.165) is 29.0 Å². The maximum atomic E-state index is 13.2. The molecule has 0 saturated carbocycles. The number of aliphatic hydroxyl groups is 1. The Morgan fingerprint density at radius 1 is 1.04 bits per heavy atom. The summed E-state index contributed by atoms with van der Waals surface area (Å²) in [5.41, 5.74) is 4.07. The first-order valence-electron chi connectivity index (χ1n) is 15.6. The van der Waals surface area contributed by atoms with Crippen molar-refractivity contribution in [2.45, 2.75) is 63.8 Å². The molecule has 1 aliphatic heterocycles. The third-order valence-electron chi connectivity index (χ3n) is 7.28. The summed E-state index contributed by atoms with van der Waals surface area (Å²) in [5, 5.41) is 36.7. The third-order valence-corrected chi connectivity index (χ3v) is 11.3. The summed E-state index contributed by atoms with van der Waals surface area (Å²) < 4.78 is 61.3. The molecule has 0 radical (unpaired) electrons. The predicted molar refractivity (Wildman–Crippen MR) is 180 cm³/mol. The van der Waals surface area contributed by atoms with Crippen molar-refractivity contribution >= 4 is 75.1 Å². The minimum Gasteiger partial charge on any atom is -0.847 e. The molecule has 57 heavy (non-hydrogen) atoms. The Kier molecular flexibility index (Phi) is 22.1. The van der Waals surface area contributed by atoms with Gasteiger partial charge in [-0.05, 0) is 6.10 Å². The van der Waals surface area contributed by atoms with Crippen molar-refractivity contribution in [2.24, 2.45) is 5.41 Å². The Bertz CT molecular complexity index is 1860. The fourth-order valence-electron chi connectivity index (χ4n) is 4.55. The molecule has 3 unspecified atom stereocenters. The smallest absolute Gasteiger partial charge is 0.847 e. The molecular weight excluding hydrogens is 873 g/mol. The minimum absolute atomic E-state index is 0. The second kappa shape index (κ2) is 23.3. The van der Waals surface area contributed by atoms with Crippen LogP contribution in [0.2, 0.25) is 0 Å².